The second-order valence-corrected chi connectivity index (χ2v) is 5.96. The van der Waals surface area contributed by atoms with Gasteiger partial charge in [-0.15, -0.1) is 0 Å². The maximum atomic E-state index is 11.9. The van der Waals surface area contributed by atoms with Crippen molar-refractivity contribution in [1.82, 2.24) is 0 Å². The predicted octanol–water partition coefficient (Wildman–Crippen LogP) is 5.49. The summed E-state index contributed by atoms with van der Waals surface area (Å²) in [5.41, 5.74) is 2.50. The van der Waals surface area contributed by atoms with Crippen molar-refractivity contribution in [3.8, 4) is 5.75 Å². The van der Waals surface area contributed by atoms with Gasteiger partial charge in [-0.25, -0.2) is 0 Å². The predicted molar refractivity (Wildman–Crippen MR) is 89.2 cm³/mol. The molecule has 0 fully saturated rings. The maximum absolute atomic E-state index is 11.9. The zero-order valence-corrected chi connectivity index (χ0v) is 14.0. The van der Waals surface area contributed by atoms with Gasteiger partial charge in [0, 0.05) is 21.1 Å². The van der Waals surface area contributed by atoms with Gasteiger partial charge in [0.25, 0.3) is 0 Å². The molecule has 21 heavy (non-hydrogen) atoms. The Labute approximate surface area is 137 Å². The smallest absolute Gasteiger partial charge is 0.188 e. The SMILES string of the molecule is Cc1cc(O/C=C/C(=O)c2ccc(Br)cc2)cc(C)c1Cl. The van der Waals surface area contributed by atoms with Crippen LogP contribution in [0.3, 0.4) is 0 Å². The fourth-order valence-corrected chi connectivity index (χ4v) is 2.23. The first-order valence-corrected chi connectivity index (χ1v) is 7.54. The standard InChI is InChI=1S/C17H14BrClO2/c1-11-9-15(10-12(2)17(11)19)21-8-7-16(20)13-3-5-14(18)6-4-13/h3-10H,1-2H3/b8-7+. The average Bonchev–Trinajstić information content (AvgIpc) is 2.45. The molecule has 0 unspecified atom stereocenters. The van der Waals surface area contributed by atoms with Crippen LogP contribution in [0.25, 0.3) is 0 Å². The molecule has 0 heterocycles. The molecule has 0 aromatic heterocycles. The summed E-state index contributed by atoms with van der Waals surface area (Å²) in [5.74, 6) is 0.555. The average molecular weight is 366 g/mol. The van der Waals surface area contributed by atoms with Crippen molar-refractivity contribution in [3.05, 3.63) is 74.9 Å². The molecule has 4 heteroatoms. The number of rotatable bonds is 4. The van der Waals surface area contributed by atoms with Crippen molar-refractivity contribution in [3.63, 3.8) is 0 Å². The minimum atomic E-state index is -0.107. The van der Waals surface area contributed by atoms with E-state index in [2.05, 4.69) is 15.9 Å². The van der Waals surface area contributed by atoms with Gasteiger partial charge in [0.2, 0.25) is 0 Å². The molecule has 0 aliphatic heterocycles. The summed E-state index contributed by atoms with van der Waals surface area (Å²) >= 11 is 9.43. The molecule has 2 rings (SSSR count). The van der Waals surface area contributed by atoms with Gasteiger partial charge in [-0.05, 0) is 61.4 Å². The largest absolute Gasteiger partial charge is 0.465 e. The number of aryl methyl sites for hydroxylation is 2. The van der Waals surface area contributed by atoms with Crippen LogP contribution >= 0.6 is 27.5 Å². The fourth-order valence-electron chi connectivity index (χ4n) is 1.86. The molecular weight excluding hydrogens is 352 g/mol. The van der Waals surface area contributed by atoms with Crippen molar-refractivity contribution in [2.45, 2.75) is 13.8 Å². The van der Waals surface area contributed by atoms with Crippen LogP contribution in [0.4, 0.5) is 0 Å². The molecular formula is C17H14BrClO2. The van der Waals surface area contributed by atoms with Crippen molar-refractivity contribution in [2.75, 3.05) is 0 Å². The Bertz CT molecular complexity index is 667. The van der Waals surface area contributed by atoms with Gasteiger partial charge in [0.15, 0.2) is 5.78 Å². The van der Waals surface area contributed by atoms with E-state index in [4.69, 9.17) is 16.3 Å². The Kier molecular flexibility index (Phi) is 5.21. The minimum absolute atomic E-state index is 0.107. The molecule has 0 atom stereocenters. The van der Waals surface area contributed by atoms with Crippen LogP contribution < -0.4 is 4.74 Å². The highest BCUT2D eigenvalue weighted by molar-refractivity contribution is 9.10. The number of allylic oxidation sites excluding steroid dienone is 1. The summed E-state index contributed by atoms with van der Waals surface area (Å²) < 4.78 is 6.41. The van der Waals surface area contributed by atoms with E-state index in [9.17, 15) is 4.79 Å². The zero-order valence-electron chi connectivity index (χ0n) is 11.7. The van der Waals surface area contributed by atoms with Crippen LogP contribution in [0.1, 0.15) is 21.5 Å². The van der Waals surface area contributed by atoms with Gasteiger partial charge >= 0.3 is 0 Å². The number of ether oxygens (including phenoxy) is 1. The van der Waals surface area contributed by atoms with Gasteiger partial charge in [-0.2, -0.15) is 0 Å². The molecule has 0 saturated heterocycles. The molecule has 0 aliphatic carbocycles. The minimum Gasteiger partial charge on any atom is -0.465 e. The van der Waals surface area contributed by atoms with Crippen LogP contribution in [0.2, 0.25) is 5.02 Å². The number of hydrogen-bond donors (Lipinski definition) is 0. The van der Waals surface area contributed by atoms with E-state index in [1.165, 1.54) is 12.3 Å². The molecule has 0 N–H and O–H groups in total. The maximum Gasteiger partial charge on any atom is 0.188 e. The van der Waals surface area contributed by atoms with Gasteiger partial charge in [0.1, 0.15) is 5.75 Å². The lowest BCUT2D eigenvalue weighted by atomic mass is 10.1. The lowest BCUT2D eigenvalue weighted by Crippen LogP contribution is -1.95. The first kappa shape index (κ1) is 15.8. The second kappa shape index (κ2) is 6.92. The highest BCUT2D eigenvalue weighted by atomic mass is 79.9. The van der Waals surface area contributed by atoms with Crippen molar-refractivity contribution in [1.29, 1.82) is 0 Å². The van der Waals surface area contributed by atoms with E-state index in [1.54, 1.807) is 12.1 Å². The normalized spacial score (nSPS) is 10.9. The third-order valence-corrected chi connectivity index (χ3v) is 4.09. The summed E-state index contributed by atoms with van der Waals surface area (Å²) in [6.07, 6.45) is 2.80. The summed E-state index contributed by atoms with van der Waals surface area (Å²) in [4.78, 5) is 11.9. The number of carbonyl (C=O) groups excluding carboxylic acids is 1. The Balaban J connectivity index is 2.05. The highest BCUT2D eigenvalue weighted by Crippen LogP contribution is 2.25. The summed E-state index contributed by atoms with van der Waals surface area (Å²) in [6.45, 7) is 3.83. The van der Waals surface area contributed by atoms with Crippen LogP contribution in [0.15, 0.2) is 53.2 Å². The summed E-state index contributed by atoms with van der Waals surface area (Å²) in [6, 6.07) is 10.8. The number of benzene rings is 2. The van der Waals surface area contributed by atoms with Gasteiger partial charge in [-0.1, -0.05) is 27.5 Å². The number of carbonyl (C=O) groups is 1. The van der Waals surface area contributed by atoms with Gasteiger partial charge < -0.3 is 4.74 Å². The van der Waals surface area contributed by atoms with Gasteiger partial charge in [-0.3, -0.25) is 4.79 Å². The molecule has 0 radical (unpaired) electrons. The lowest BCUT2D eigenvalue weighted by molar-refractivity contribution is 0.104. The van der Waals surface area contributed by atoms with Crippen LogP contribution in [-0.4, -0.2) is 5.78 Å². The van der Waals surface area contributed by atoms with Crippen LogP contribution in [-0.2, 0) is 0 Å². The summed E-state index contributed by atoms with van der Waals surface area (Å²) in [5, 5.41) is 0.734. The second-order valence-electron chi connectivity index (χ2n) is 4.66. The first-order chi connectivity index (χ1) is 9.97. The molecule has 108 valence electrons. The molecule has 0 spiro atoms. The Morgan fingerprint density at radius 1 is 1.14 bits per heavy atom. The van der Waals surface area contributed by atoms with Crippen molar-refractivity contribution in [2.24, 2.45) is 0 Å². The molecule has 0 saturated carbocycles. The fraction of sp³-hybridized carbons (Fsp3) is 0.118. The highest BCUT2D eigenvalue weighted by Gasteiger charge is 2.04. The van der Waals surface area contributed by atoms with E-state index in [1.807, 2.05) is 38.1 Å². The van der Waals surface area contributed by atoms with E-state index in [-0.39, 0.29) is 5.78 Å². The topological polar surface area (TPSA) is 26.3 Å². The third kappa shape index (κ3) is 4.19. The third-order valence-electron chi connectivity index (χ3n) is 2.96. The first-order valence-electron chi connectivity index (χ1n) is 6.37. The van der Waals surface area contributed by atoms with E-state index >= 15 is 0 Å². The summed E-state index contributed by atoms with van der Waals surface area (Å²) in [7, 11) is 0. The van der Waals surface area contributed by atoms with Crippen LogP contribution in [0.5, 0.6) is 5.75 Å². The van der Waals surface area contributed by atoms with Crippen molar-refractivity contribution >= 4 is 33.3 Å². The number of halogens is 2. The molecule has 2 nitrogen and oxygen atoms in total. The molecule has 2 aromatic rings. The molecule has 0 aliphatic rings. The van der Waals surface area contributed by atoms with E-state index in [0.717, 1.165) is 20.6 Å². The van der Waals surface area contributed by atoms with Crippen molar-refractivity contribution < 1.29 is 9.53 Å². The molecule has 2 aromatic carbocycles. The quantitative estimate of drug-likeness (QED) is 0.406. The Morgan fingerprint density at radius 2 is 1.71 bits per heavy atom. The zero-order chi connectivity index (χ0) is 15.4. The Morgan fingerprint density at radius 3 is 2.29 bits per heavy atom. The lowest BCUT2D eigenvalue weighted by Gasteiger charge is -2.06. The Hall–Kier alpha value is -1.58. The van der Waals surface area contributed by atoms with E-state index in [0.29, 0.717) is 11.3 Å². The van der Waals surface area contributed by atoms with E-state index < -0.39 is 0 Å². The number of hydrogen-bond acceptors (Lipinski definition) is 2. The van der Waals surface area contributed by atoms with Gasteiger partial charge in [0.05, 0.1) is 6.26 Å². The molecule has 0 amide bonds. The van der Waals surface area contributed by atoms with Crippen LogP contribution in [0, 0.1) is 13.8 Å². The number of ketones is 1. The molecule has 0 bridgehead atoms. The monoisotopic (exact) mass is 364 g/mol.